The Bertz CT molecular complexity index is 385. The zero-order valence-electron chi connectivity index (χ0n) is 12.1. The van der Waals surface area contributed by atoms with Crippen LogP contribution < -0.4 is 10.0 Å². The van der Waals surface area contributed by atoms with Gasteiger partial charge in [-0.2, -0.15) is 12.7 Å². The van der Waals surface area contributed by atoms with Gasteiger partial charge < -0.3 is 5.32 Å². The molecular formula is C13H27N3O2S. The summed E-state index contributed by atoms with van der Waals surface area (Å²) < 4.78 is 29.1. The van der Waals surface area contributed by atoms with Crippen molar-refractivity contribution in [1.82, 2.24) is 14.3 Å². The summed E-state index contributed by atoms with van der Waals surface area (Å²) in [5.74, 6) is 0.537. The third kappa shape index (κ3) is 3.90. The number of hydrogen-bond acceptors (Lipinski definition) is 3. The predicted molar refractivity (Wildman–Crippen MR) is 77.1 cm³/mol. The number of nitrogens with one attached hydrogen (secondary N) is 2. The average Bonchev–Trinajstić information content (AvgIpc) is 2.38. The molecule has 0 spiro atoms. The molecule has 0 aliphatic carbocycles. The van der Waals surface area contributed by atoms with Gasteiger partial charge in [-0.3, -0.25) is 0 Å². The van der Waals surface area contributed by atoms with Crippen molar-refractivity contribution in [2.75, 3.05) is 19.6 Å². The van der Waals surface area contributed by atoms with Crippen molar-refractivity contribution >= 4 is 10.2 Å². The van der Waals surface area contributed by atoms with Crippen LogP contribution in [-0.4, -0.2) is 44.4 Å². The van der Waals surface area contributed by atoms with Crippen LogP contribution in [0.25, 0.3) is 0 Å². The molecule has 2 fully saturated rings. The maximum absolute atomic E-state index is 12.3. The van der Waals surface area contributed by atoms with Crippen LogP contribution >= 0.6 is 0 Å². The molecule has 0 amide bonds. The standard InChI is InChI=1S/C13H27N3O2S/c1-11-6-5-8-14-13(11)10-15-19(17,18)16-9-4-3-7-12(16)2/h11-15H,3-10H2,1-2H3. The van der Waals surface area contributed by atoms with Gasteiger partial charge in [0, 0.05) is 25.2 Å². The Kier molecular flexibility index (Phi) is 5.22. The highest BCUT2D eigenvalue weighted by atomic mass is 32.2. The molecule has 2 saturated heterocycles. The molecule has 2 heterocycles. The van der Waals surface area contributed by atoms with E-state index in [0.717, 1.165) is 25.8 Å². The van der Waals surface area contributed by atoms with E-state index in [9.17, 15) is 8.42 Å². The molecule has 2 aliphatic rings. The minimum absolute atomic E-state index is 0.128. The van der Waals surface area contributed by atoms with Crippen molar-refractivity contribution in [2.24, 2.45) is 5.92 Å². The molecule has 0 aromatic heterocycles. The van der Waals surface area contributed by atoms with Crippen molar-refractivity contribution in [3.8, 4) is 0 Å². The van der Waals surface area contributed by atoms with Gasteiger partial charge in [0.05, 0.1) is 0 Å². The van der Waals surface area contributed by atoms with Crippen molar-refractivity contribution in [3.63, 3.8) is 0 Å². The second-order valence-corrected chi connectivity index (χ2v) is 7.70. The molecule has 0 bridgehead atoms. The van der Waals surface area contributed by atoms with Gasteiger partial charge in [0.25, 0.3) is 10.2 Å². The fourth-order valence-corrected chi connectivity index (χ4v) is 4.60. The summed E-state index contributed by atoms with van der Waals surface area (Å²) in [5.41, 5.74) is 0. The number of rotatable bonds is 4. The molecule has 2 N–H and O–H groups in total. The van der Waals surface area contributed by atoms with Gasteiger partial charge in [0.15, 0.2) is 0 Å². The normalized spacial score (nSPS) is 34.3. The Balaban J connectivity index is 1.89. The third-order valence-electron chi connectivity index (χ3n) is 4.47. The molecule has 2 rings (SSSR count). The quantitative estimate of drug-likeness (QED) is 0.814. The predicted octanol–water partition coefficient (Wildman–Crippen LogP) is 1.08. The first-order valence-electron chi connectivity index (χ1n) is 7.50. The van der Waals surface area contributed by atoms with E-state index >= 15 is 0 Å². The van der Waals surface area contributed by atoms with Crippen LogP contribution in [-0.2, 0) is 10.2 Å². The van der Waals surface area contributed by atoms with Crippen molar-refractivity contribution in [1.29, 1.82) is 0 Å². The summed E-state index contributed by atoms with van der Waals surface area (Å²) in [7, 11) is -3.31. The first-order chi connectivity index (χ1) is 9.00. The minimum atomic E-state index is -3.31. The molecular weight excluding hydrogens is 262 g/mol. The smallest absolute Gasteiger partial charge is 0.279 e. The second-order valence-electron chi connectivity index (χ2n) is 5.99. The van der Waals surface area contributed by atoms with Gasteiger partial charge in [-0.15, -0.1) is 0 Å². The van der Waals surface area contributed by atoms with Crippen molar-refractivity contribution in [2.45, 2.75) is 58.0 Å². The summed E-state index contributed by atoms with van der Waals surface area (Å²) in [6, 6.07) is 0.395. The molecule has 0 aromatic rings. The van der Waals surface area contributed by atoms with Crippen LogP contribution in [0.5, 0.6) is 0 Å². The maximum Gasteiger partial charge on any atom is 0.279 e. The van der Waals surface area contributed by atoms with Gasteiger partial charge in [-0.1, -0.05) is 13.3 Å². The molecule has 0 saturated carbocycles. The number of nitrogens with zero attached hydrogens (tertiary/aromatic N) is 1. The van der Waals surface area contributed by atoms with Crippen molar-refractivity contribution in [3.05, 3.63) is 0 Å². The summed E-state index contributed by atoms with van der Waals surface area (Å²) in [6.07, 6.45) is 5.45. The van der Waals surface area contributed by atoms with Crippen LogP contribution in [0.3, 0.4) is 0 Å². The Labute approximate surface area is 117 Å². The number of piperidine rings is 2. The molecule has 5 nitrogen and oxygen atoms in total. The van der Waals surface area contributed by atoms with E-state index in [1.807, 2.05) is 6.92 Å². The molecule has 0 aromatic carbocycles. The van der Waals surface area contributed by atoms with E-state index in [4.69, 9.17) is 0 Å². The monoisotopic (exact) mass is 289 g/mol. The molecule has 112 valence electrons. The first kappa shape index (κ1) is 15.2. The van der Waals surface area contributed by atoms with Crippen LogP contribution in [0.4, 0.5) is 0 Å². The summed E-state index contributed by atoms with van der Waals surface area (Å²) in [5, 5.41) is 3.41. The van der Waals surface area contributed by atoms with E-state index in [-0.39, 0.29) is 12.1 Å². The van der Waals surface area contributed by atoms with Gasteiger partial charge in [0.1, 0.15) is 0 Å². The molecule has 6 heteroatoms. The molecule has 19 heavy (non-hydrogen) atoms. The lowest BCUT2D eigenvalue weighted by Crippen LogP contribution is -2.53. The van der Waals surface area contributed by atoms with E-state index in [2.05, 4.69) is 17.0 Å². The van der Waals surface area contributed by atoms with Crippen LogP contribution in [0.2, 0.25) is 0 Å². The summed E-state index contributed by atoms with van der Waals surface area (Å²) in [6.45, 7) is 6.35. The molecule has 3 atom stereocenters. The lowest BCUT2D eigenvalue weighted by Gasteiger charge is -2.34. The zero-order valence-corrected chi connectivity index (χ0v) is 12.9. The van der Waals surface area contributed by atoms with Crippen LogP contribution in [0.15, 0.2) is 0 Å². The lowest BCUT2D eigenvalue weighted by molar-refractivity contribution is 0.260. The maximum atomic E-state index is 12.3. The largest absolute Gasteiger partial charge is 0.312 e. The Morgan fingerprint density at radius 1 is 1.21 bits per heavy atom. The van der Waals surface area contributed by atoms with Crippen molar-refractivity contribution < 1.29 is 8.42 Å². The lowest BCUT2D eigenvalue weighted by atomic mass is 9.93. The Hall–Kier alpha value is -0.170. The number of hydrogen-bond donors (Lipinski definition) is 2. The third-order valence-corrected chi connectivity index (χ3v) is 6.16. The molecule has 2 aliphatic heterocycles. The minimum Gasteiger partial charge on any atom is -0.312 e. The molecule has 0 radical (unpaired) electrons. The highest BCUT2D eigenvalue weighted by Gasteiger charge is 2.30. The van der Waals surface area contributed by atoms with E-state index in [1.54, 1.807) is 4.31 Å². The fraction of sp³-hybridized carbons (Fsp3) is 1.00. The highest BCUT2D eigenvalue weighted by Crippen LogP contribution is 2.20. The Morgan fingerprint density at radius 3 is 2.68 bits per heavy atom. The van der Waals surface area contributed by atoms with Gasteiger partial charge in [0.2, 0.25) is 0 Å². The van der Waals surface area contributed by atoms with Crippen LogP contribution in [0, 0.1) is 5.92 Å². The SMILES string of the molecule is CC1CCCNC1CNS(=O)(=O)N1CCCCC1C. The summed E-state index contributed by atoms with van der Waals surface area (Å²) in [4.78, 5) is 0. The van der Waals surface area contributed by atoms with E-state index < -0.39 is 10.2 Å². The second kappa shape index (κ2) is 6.52. The van der Waals surface area contributed by atoms with Gasteiger partial charge in [-0.25, -0.2) is 4.72 Å². The molecule has 3 unspecified atom stereocenters. The Morgan fingerprint density at radius 2 is 2.00 bits per heavy atom. The average molecular weight is 289 g/mol. The van der Waals surface area contributed by atoms with E-state index in [1.165, 1.54) is 12.8 Å². The van der Waals surface area contributed by atoms with E-state index in [0.29, 0.717) is 19.0 Å². The first-order valence-corrected chi connectivity index (χ1v) is 8.94. The highest BCUT2D eigenvalue weighted by molar-refractivity contribution is 7.87. The van der Waals surface area contributed by atoms with Crippen LogP contribution in [0.1, 0.15) is 46.0 Å². The topological polar surface area (TPSA) is 61.4 Å². The van der Waals surface area contributed by atoms with Gasteiger partial charge in [-0.05, 0) is 45.1 Å². The fourth-order valence-electron chi connectivity index (χ4n) is 3.09. The van der Waals surface area contributed by atoms with Gasteiger partial charge >= 0.3 is 0 Å². The summed E-state index contributed by atoms with van der Waals surface area (Å²) >= 11 is 0. The zero-order chi connectivity index (χ0) is 13.9.